The summed E-state index contributed by atoms with van der Waals surface area (Å²) in [5.74, 6) is -0.774. The van der Waals surface area contributed by atoms with Crippen molar-refractivity contribution >= 4 is 22.7 Å². The molecule has 2 aromatic carbocycles. The van der Waals surface area contributed by atoms with Crippen LogP contribution in [0.4, 0.5) is 4.39 Å². The predicted molar refractivity (Wildman–Crippen MR) is 111 cm³/mol. The van der Waals surface area contributed by atoms with Crippen molar-refractivity contribution in [1.82, 2.24) is 4.98 Å². The molecule has 0 radical (unpaired) electrons. The number of aromatic amines is 1. The number of hydrogen-bond donors (Lipinski definition) is 1. The molecule has 6 nitrogen and oxygen atoms in total. The molecule has 158 valence electrons. The van der Waals surface area contributed by atoms with Crippen LogP contribution in [0.1, 0.15) is 42.4 Å². The second kappa shape index (κ2) is 8.18. The number of methoxy groups -OCH3 is 1. The zero-order chi connectivity index (χ0) is 22.1. The number of nitrogens with one attached hydrogen (secondary N) is 1. The number of ketones is 1. The Morgan fingerprint density at radius 1 is 1.10 bits per heavy atom. The fraction of sp³-hybridized carbons (Fsp3) is 0.304. The fourth-order valence-electron chi connectivity index (χ4n) is 3.25. The van der Waals surface area contributed by atoms with Crippen LogP contribution in [0.15, 0.2) is 36.4 Å². The molecule has 0 aliphatic rings. The molecule has 0 saturated carbocycles. The molecule has 7 heteroatoms. The van der Waals surface area contributed by atoms with Gasteiger partial charge in [0, 0.05) is 23.2 Å². The van der Waals surface area contributed by atoms with Gasteiger partial charge in [0.25, 0.3) is 0 Å². The van der Waals surface area contributed by atoms with Crippen LogP contribution in [0.25, 0.3) is 10.9 Å². The van der Waals surface area contributed by atoms with E-state index < -0.39 is 23.2 Å². The van der Waals surface area contributed by atoms with Crippen LogP contribution in [0, 0.1) is 12.7 Å². The minimum atomic E-state index is -1.17. The van der Waals surface area contributed by atoms with Crippen LogP contribution in [-0.2, 0) is 9.53 Å². The zero-order valence-electron chi connectivity index (χ0n) is 17.6. The first-order valence-corrected chi connectivity index (χ1v) is 9.54. The molecule has 3 aromatic rings. The van der Waals surface area contributed by atoms with Gasteiger partial charge in [-0.15, -0.1) is 0 Å². The summed E-state index contributed by atoms with van der Waals surface area (Å²) < 4.78 is 30.3. The molecular formula is C23H24FNO5. The fourth-order valence-corrected chi connectivity index (χ4v) is 3.25. The second-order valence-corrected chi connectivity index (χ2v) is 7.34. The summed E-state index contributed by atoms with van der Waals surface area (Å²) in [6.07, 6.45) is 0. The van der Waals surface area contributed by atoms with Crippen molar-refractivity contribution in [2.75, 3.05) is 13.7 Å². The molecule has 1 heterocycles. The number of H-pyrrole nitrogens is 1. The topological polar surface area (TPSA) is 77.6 Å². The van der Waals surface area contributed by atoms with Crippen molar-refractivity contribution in [3.63, 3.8) is 0 Å². The number of carbonyl (C=O) groups excluding carboxylic acids is 2. The monoisotopic (exact) mass is 413 g/mol. The van der Waals surface area contributed by atoms with E-state index in [1.165, 1.54) is 19.2 Å². The van der Waals surface area contributed by atoms with Gasteiger partial charge in [-0.05, 0) is 52.0 Å². The first kappa shape index (κ1) is 21.4. The standard InChI is InChI=1S/C23H24FNO5/c1-6-29-22(27)23(3,4)30-15-8-10-17-19(12-15)25-13(2)20(17)21(26)16-9-7-14(28-5)11-18(16)24/h7-12,25H,6H2,1-5H3. The van der Waals surface area contributed by atoms with Crippen LogP contribution in [0.5, 0.6) is 11.5 Å². The SMILES string of the molecule is CCOC(=O)C(C)(C)Oc1ccc2c(C(=O)c3ccc(OC)cc3F)c(C)[nH]c2c1. The minimum Gasteiger partial charge on any atom is -0.497 e. The average Bonchev–Trinajstić information content (AvgIpc) is 3.02. The third-order valence-electron chi connectivity index (χ3n) is 4.75. The molecule has 3 rings (SSSR count). The largest absolute Gasteiger partial charge is 0.497 e. The van der Waals surface area contributed by atoms with E-state index in [9.17, 15) is 14.0 Å². The Hall–Kier alpha value is -3.35. The lowest BCUT2D eigenvalue weighted by Crippen LogP contribution is -2.39. The molecule has 0 bridgehead atoms. The van der Waals surface area contributed by atoms with Crippen molar-refractivity contribution in [2.24, 2.45) is 0 Å². The highest BCUT2D eigenvalue weighted by Crippen LogP contribution is 2.30. The summed E-state index contributed by atoms with van der Waals surface area (Å²) in [7, 11) is 1.43. The lowest BCUT2D eigenvalue weighted by Gasteiger charge is -2.24. The summed E-state index contributed by atoms with van der Waals surface area (Å²) in [4.78, 5) is 28.3. The van der Waals surface area contributed by atoms with Gasteiger partial charge in [0.1, 0.15) is 17.3 Å². The van der Waals surface area contributed by atoms with E-state index in [0.29, 0.717) is 33.7 Å². The third kappa shape index (κ3) is 4.01. The summed E-state index contributed by atoms with van der Waals surface area (Å²) in [6, 6.07) is 9.21. The van der Waals surface area contributed by atoms with E-state index in [4.69, 9.17) is 14.2 Å². The van der Waals surface area contributed by atoms with Crippen molar-refractivity contribution in [2.45, 2.75) is 33.3 Å². The normalized spacial score (nSPS) is 11.4. The molecule has 0 aliphatic carbocycles. The van der Waals surface area contributed by atoms with Gasteiger partial charge < -0.3 is 19.2 Å². The highest BCUT2D eigenvalue weighted by molar-refractivity contribution is 6.17. The van der Waals surface area contributed by atoms with Gasteiger partial charge in [0.2, 0.25) is 0 Å². The number of rotatable bonds is 7. The lowest BCUT2D eigenvalue weighted by atomic mass is 9.99. The molecule has 0 saturated heterocycles. The number of esters is 1. The lowest BCUT2D eigenvalue weighted by molar-refractivity contribution is -0.158. The number of carbonyl (C=O) groups is 2. The first-order chi connectivity index (χ1) is 14.2. The summed E-state index contributed by atoms with van der Waals surface area (Å²) in [5.41, 5.74) is 0.415. The van der Waals surface area contributed by atoms with Crippen LogP contribution in [0.3, 0.4) is 0 Å². The number of halogens is 1. The number of benzene rings is 2. The molecular weight excluding hydrogens is 389 g/mol. The second-order valence-electron chi connectivity index (χ2n) is 7.34. The van der Waals surface area contributed by atoms with Crippen LogP contribution >= 0.6 is 0 Å². The quantitative estimate of drug-likeness (QED) is 0.453. The van der Waals surface area contributed by atoms with Gasteiger partial charge in [-0.1, -0.05) is 0 Å². The van der Waals surface area contributed by atoms with E-state index in [2.05, 4.69) is 4.98 Å². The molecule has 0 amide bonds. The van der Waals surface area contributed by atoms with Gasteiger partial charge >= 0.3 is 5.97 Å². The number of aromatic nitrogens is 1. The van der Waals surface area contributed by atoms with Gasteiger partial charge in [0.15, 0.2) is 11.4 Å². The van der Waals surface area contributed by atoms with Crippen molar-refractivity contribution in [3.8, 4) is 11.5 Å². The molecule has 0 atom stereocenters. The number of hydrogen-bond acceptors (Lipinski definition) is 5. The van der Waals surface area contributed by atoms with Crippen molar-refractivity contribution < 1.29 is 28.2 Å². The van der Waals surface area contributed by atoms with Gasteiger partial charge in [-0.25, -0.2) is 9.18 Å². The molecule has 30 heavy (non-hydrogen) atoms. The molecule has 0 fully saturated rings. The minimum absolute atomic E-state index is 0.0384. The smallest absolute Gasteiger partial charge is 0.349 e. The van der Waals surface area contributed by atoms with Gasteiger partial charge in [-0.3, -0.25) is 4.79 Å². The molecule has 1 N–H and O–H groups in total. The molecule has 0 aliphatic heterocycles. The van der Waals surface area contributed by atoms with E-state index >= 15 is 0 Å². The maximum Gasteiger partial charge on any atom is 0.349 e. The van der Waals surface area contributed by atoms with Gasteiger partial charge in [-0.2, -0.15) is 0 Å². The van der Waals surface area contributed by atoms with Gasteiger partial charge in [0.05, 0.1) is 30.4 Å². The Morgan fingerprint density at radius 3 is 2.43 bits per heavy atom. The third-order valence-corrected chi connectivity index (χ3v) is 4.75. The highest BCUT2D eigenvalue weighted by Gasteiger charge is 2.32. The molecule has 1 aromatic heterocycles. The van der Waals surface area contributed by atoms with Crippen molar-refractivity contribution in [3.05, 3.63) is 59.0 Å². The Bertz CT molecular complexity index is 1120. The van der Waals surface area contributed by atoms with Crippen LogP contribution < -0.4 is 9.47 Å². The summed E-state index contributed by atoms with van der Waals surface area (Å²) in [6.45, 7) is 6.98. The number of aryl methyl sites for hydroxylation is 1. The summed E-state index contributed by atoms with van der Waals surface area (Å²) >= 11 is 0. The van der Waals surface area contributed by atoms with Crippen molar-refractivity contribution in [1.29, 1.82) is 0 Å². The van der Waals surface area contributed by atoms with E-state index in [1.54, 1.807) is 52.0 Å². The Morgan fingerprint density at radius 2 is 1.80 bits per heavy atom. The van der Waals surface area contributed by atoms with E-state index in [0.717, 1.165) is 0 Å². The molecule has 0 unspecified atom stereocenters. The highest BCUT2D eigenvalue weighted by atomic mass is 19.1. The Labute approximate surface area is 173 Å². The Kier molecular flexibility index (Phi) is 5.82. The molecule has 0 spiro atoms. The predicted octanol–water partition coefficient (Wildman–Crippen LogP) is 4.58. The zero-order valence-corrected chi connectivity index (χ0v) is 17.6. The van der Waals surface area contributed by atoms with Crippen LogP contribution in [-0.4, -0.2) is 36.1 Å². The van der Waals surface area contributed by atoms with E-state index in [1.807, 2.05) is 0 Å². The van der Waals surface area contributed by atoms with Crippen LogP contribution in [0.2, 0.25) is 0 Å². The number of fused-ring (bicyclic) bond motifs is 1. The average molecular weight is 413 g/mol. The summed E-state index contributed by atoms with van der Waals surface area (Å²) in [5, 5.41) is 0.633. The first-order valence-electron chi connectivity index (χ1n) is 9.54. The Balaban J connectivity index is 1.96. The van der Waals surface area contributed by atoms with E-state index in [-0.39, 0.29) is 12.2 Å². The maximum atomic E-state index is 14.4. The maximum absolute atomic E-state index is 14.4. The number of ether oxygens (including phenoxy) is 3.